The first-order chi connectivity index (χ1) is 14.7. The van der Waals surface area contributed by atoms with Gasteiger partial charge in [-0.1, -0.05) is 41.5 Å². The Bertz CT molecular complexity index is 914. The van der Waals surface area contributed by atoms with E-state index >= 15 is 0 Å². The van der Waals surface area contributed by atoms with Crippen LogP contribution in [0, 0.1) is 13.8 Å². The topological polar surface area (TPSA) is 113 Å². The Balaban J connectivity index is 0.000000720. The molecule has 0 saturated carbocycles. The maximum Gasteiger partial charge on any atom is 0.290 e. The molecule has 10 heteroatoms. The summed E-state index contributed by atoms with van der Waals surface area (Å²) in [6.45, 7) is 7.22. The van der Waals surface area contributed by atoms with Crippen molar-refractivity contribution in [2.45, 2.75) is 13.8 Å². The van der Waals surface area contributed by atoms with Crippen molar-refractivity contribution in [1.29, 1.82) is 0 Å². The van der Waals surface area contributed by atoms with Crippen molar-refractivity contribution < 1.29 is 14.7 Å². The Kier molecular flexibility index (Phi) is 11.1. The molecule has 0 aromatic heterocycles. The average Bonchev–Trinajstić information content (AvgIpc) is 2.73. The second-order valence-electron chi connectivity index (χ2n) is 6.58. The highest BCUT2D eigenvalue weighted by Gasteiger charge is 2.21. The lowest BCUT2D eigenvalue weighted by Crippen LogP contribution is -2.46. The van der Waals surface area contributed by atoms with Crippen molar-refractivity contribution in [1.82, 2.24) is 0 Å². The lowest BCUT2D eigenvalue weighted by Gasteiger charge is -2.38. The van der Waals surface area contributed by atoms with Gasteiger partial charge in [-0.15, -0.1) is 0 Å². The van der Waals surface area contributed by atoms with E-state index in [0.717, 1.165) is 59.2 Å². The summed E-state index contributed by atoms with van der Waals surface area (Å²) in [5.41, 5.74) is 15.5. The van der Waals surface area contributed by atoms with E-state index < -0.39 is 5.91 Å². The van der Waals surface area contributed by atoms with Gasteiger partial charge in [0.15, 0.2) is 0 Å². The summed E-state index contributed by atoms with van der Waals surface area (Å²) in [5.74, 6) is -0.499. The average molecular weight is 485 g/mol. The third-order valence-electron chi connectivity index (χ3n) is 4.76. The van der Waals surface area contributed by atoms with E-state index in [1.165, 1.54) is 0 Å². The number of hydrogen-bond acceptors (Lipinski definition) is 5. The normalized spacial score (nSPS) is 12.6. The van der Waals surface area contributed by atoms with Crippen LogP contribution < -0.4 is 21.3 Å². The molecule has 168 valence electrons. The molecule has 5 N–H and O–H groups in total. The van der Waals surface area contributed by atoms with E-state index in [-0.39, 0.29) is 6.47 Å². The van der Waals surface area contributed by atoms with Gasteiger partial charge in [0.2, 0.25) is 5.91 Å². The first-order valence-corrected chi connectivity index (χ1v) is 10.5. The van der Waals surface area contributed by atoms with E-state index in [1.54, 1.807) is 6.07 Å². The van der Waals surface area contributed by atoms with Gasteiger partial charge in [0.05, 0.1) is 16.1 Å². The predicted molar refractivity (Wildman–Crippen MR) is 132 cm³/mol. The monoisotopic (exact) mass is 484 g/mol. The number of carboxylic acid groups (broad SMARTS) is 1. The molecule has 0 radical (unpaired) electrons. The number of carbonyl (C=O) groups excluding carboxylic acids is 1. The Hall–Kier alpha value is -2.55. The number of rotatable bonds is 3. The highest BCUT2D eigenvalue weighted by atomic mass is 35.5. The number of primary amides is 1. The number of nitrogens with zero attached hydrogens (tertiary/aromatic N) is 2. The summed E-state index contributed by atoms with van der Waals surface area (Å²) in [6, 6.07) is 9.83. The van der Waals surface area contributed by atoms with Crippen molar-refractivity contribution in [2.75, 3.05) is 36.0 Å². The van der Waals surface area contributed by atoms with Gasteiger partial charge < -0.3 is 26.4 Å². The first kappa shape index (κ1) is 26.5. The molecule has 1 aliphatic heterocycles. The molecule has 0 atom stereocenters. The third-order valence-corrected chi connectivity index (χ3v) is 5.66. The van der Waals surface area contributed by atoms with Crippen molar-refractivity contribution in [2.24, 2.45) is 11.5 Å². The van der Waals surface area contributed by atoms with Gasteiger partial charge >= 0.3 is 0 Å². The molecule has 31 heavy (non-hydrogen) atoms. The van der Waals surface area contributed by atoms with Crippen molar-refractivity contribution in [3.8, 4) is 0 Å². The van der Waals surface area contributed by atoms with Crippen LogP contribution in [-0.4, -0.2) is 49.2 Å². The van der Waals surface area contributed by atoms with Gasteiger partial charge in [0.1, 0.15) is 0 Å². The zero-order valence-electron chi connectivity index (χ0n) is 17.3. The van der Waals surface area contributed by atoms with Crippen molar-refractivity contribution >= 4 is 64.7 Å². The lowest BCUT2D eigenvalue weighted by atomic mass is 10.1. The van der Waals surface area contributed by atoms with E-state index in [2.05, 4.69) is 39.9 Å². The fraction of sp³-hybridized carbons (Fsp3) is 0.286. The number of piperazine rings is 1. The second kappa shape index (κ2) is 13.0. The van der Waals surface area contributed by atoms with E-state index in [4.69, 9.17) is 38.8 Å². The fourth-order valence-electron chi connectivity index (χ4n) is 3.19. The molecule has 1 saturated heterocycles. The molecular formula is C21H26Cl2N4O3S. The van der Waals surface area contributed by atoms with E-state index in [1.807, 2.05) is 26.0 Å². The first-order valence-electron chi connectivity index (χ1n) is 9.29. The predicted octanol–water partition coefficient (Wildman–Crippen LogP) is 3.64. The maximum atomic E-state index is 11.4. The van der Waals surface area contributed by atoms with Gasteiger partial charge in [-0.25, -0.2) is 0 Å². The summed E-state index contributed by atoms with van der Waals surface area (Å²) < 4.78 is 0. The molecule has 1 aliphatic rings. The number of thiocarbonyl (C=S) groups is 1. The van der Waals surface area contributed by atoms with Crippen molar-refractivity contribution in [3.63, 3.8) is 0 Å². The molecule has 2 aromatic rings. The molecule has 1 amide bonds. The number of halogens is 2. The van der Waals surface area contributed by atoms with Crippen LogP contribution in [0.5, 0.6) is 0 Å². The van der Waals surface area contributed by atoms with Gasteiger partial charge in [0, 0.05) is 42.6 Å². The van der Waals surface area contributed by atoms with Crippen LogP contribution >= 0.6 is 35.4 Å². The molecule has 0 aliphatic carbocycles. The second-order valence-corrected chi connectivity index (χ2v) is 7.64. The van der Waals surface area contributed by atoms with Crippen molar-refractivity contribution in [3.05, 3.63) is 57.1 Å². The van der Waals surface area contributed by atoms with Crippen LogP contribution in [0.2, 0.25) is 10.0 Å². The number of hydrogen-bond donors (Lipinski definition) is 3. The van der Waals surface area contributed by atoms with Crippen LogP contribution in [0.4, 0.5) is 11.4 Å². The smallest absolute Gasteiger partial charge is 0.290 e. The van der Waals surface area contributed by atoms with Crippen LogP contribution in [0.1, 0.15) is 21.5 Å². The number of amides is 1. The minimum absolute atomic E-state index is 0.250. The quantitative estimate of drug-likeness (QED) is 0.450. The van der Waals surface area contributed by atoms with E-state index in [9.17, 15) is 4.79 Å². The van der Waals surface area contributed by atoms with Gasteiger partial charge in [-0.05, 0) is 49.2 Å². The summed E-state index contributed by atoms with van der Waals surface area (Å²) in [7, 11) is 0. The maximum absolute atomic E-state index is 11.4. The number of benzene rings is 2. The molecule has 1 fully saturated rings. The Morgan fingerprint density at radius 2 is 1.61 bits per heavy atom. The lowest BCUT2D eigenvalue weighted by molar-refractivity contribution is -0.122. The Labute approximate surface area is 197 Å². The molecule has 0 bridgehead atoms. The van der Waals surface area contributed by atoms with Gasteiger partial charge in [0.25, 0.3) is 6.47 Å². The summed E-state index contributed by atoms with van der Waals surface area (Å²) in [5, 5.41) is 8.13. The van der Waals surface area contributed by atoms with E-state index in [0.29, 0.717) is 10.6 Å². The fourth-order valence-corrected chi connectivity index (χ4v) is 3.62. The highest BCUT2D eigenvalue weighted by Crippen LogP contribution is 2.31. The minimum atomic E-state index is -0.499. The number of nitrogens with two attached hydrogens (primary N) is 2. The molecule has 7 nitrogen and oxygen atoms in total. The molecule has 2 aromatic carbocycles. The van der Waals surface area contributed by atoms with Crippen LogP contribution in [0.3, 0.4) is 0 Å². The third kappa shape index (κ3) is 7.27. The zero-order valence-corrected chi connectivity index (χ0v) is 19.7. The largest absolute Gasteiger partial charge is 0.483 e. The number of aryl methyl sites for hydroxylation is 1. The molecule has 0 unspecified atom stereocenters. The Morgan fingerprint density at radius 1 is 1.10 bits per heavy atom. The number of carbonyl (C=O) groups is 2. The SMILES string of the molecule is Cc1ccc(N2CCN(c3ccc(C(N)=O)c(Cl)c3C)CC2)cc1Cl.NC=S.O=CO. The van der Waals surface area contributed by atoms with Crippen LogP contribution in [-0.2, 0) is 4.79 Å². The standard InChI is InChI=1S/C19H21Cl2N3O.CH3NS.CH2O2/c1-12-3-4-14(11-16(12)20)23-7-9-24(10-8-23)17-6-5-15(19(22)25)18(21)13(17)2;2*2-1-3/h3-6,11H,7-10H2,1-2H3,(H2,22,25);1H,(H2,2,3);1H,(H,2,3). The summed E-state index contributed by atoms with van der Waals surface area (Å²) in [4.78, 5) is 24.4. The molecule has 1 heterocycles. The zero-order chi connectivity index (χ0) is 23.6. The molecular weight excluding hydrogens is 459 g/mol. The number of anilines is 2. The highest BCUT2D eigenvalue weighted by molar-refractivity contribution is 7.78. The molecule has 0 spiro atoms. The summed E-state index contributed by atoms with van der Waals surface area (Å²) in [6.07, 6.45) is 0. The van der Waals surface area contributed by atoms with Crippen LogP contribution in [0.15, 0.2) is 30.3 Å². The van der Waals surface area contributed by atoms with Gasteiger partial charge in [-0.2, -0.15) is 0 Å². The van der Waals surface area contributed by atoms with Crippen LogP contribution in [0.25, 0.3) is 0 Å². The molecule has 3 rings (SSSR count). The van der Waals surface area contributed by atoms with Gasteiger partial charge in [-0.3, -0.25) is 9.59 Å². The Morgan fingerprint density at radius 3 is 2.10 bits per heavy atom. The summed E-state index contributed by atoms with van der Waals surface area (Å²) >= 11 is 16.6. The minimum Gasteiger partial charge on any atom is -0.483 e.